The molecule has 46 heavy (non-hydrogen) atoms. The largest absolute Gasteiger partial charge is 0.508 e. The van der Waals surface area contributed by atoms with Crippen LogP contribution >= 0.6 is 0 Å². The van der Waals surface area contributed by atoms with Crippen LogP contribution < -0.4 is 15.8 Å². The number of ketones is 2. The zero-order valence-corrected chi connectivity index (χ0v) is 26.2. The molecular weight excluding hydrogens is 596 g/mol. The molecule has 0 aromatic heterocycles. The van der Waals surface area contributed by atoms with Crippen molar-refractivity contribution in [2.75, 3.05) is 13.7 Å². The van der Waals surface area contributed by atoms with E-state index in [1.165, 1.54) is 13.2 Å². The summed E-state index contributed by atoms with van der Waals surface area (Å²) in [7, 11) is 1.51. The molecule has 7 N–H and O–H groups in total. The minimum Gasteiger partial charge on any atom is -0.508 e. The average molecular weight is 637 g/mol. The Morgan fingerprint density at radius 1 is 1.11 bits per heavy atom. The molecule has 0 bridgehead atoms. The van der Waals surface area contributed by atoms with Gasteiger partial charge in [-0.2, -0.15) is 0 Å². The van der Waals surface area contributed by atoms with Crippen LogP contribution in [0.2, 0.25) is 0 Å². The summed E-state index contributed by atoms with van der Waals surface area (Å²) < 4.78 is 10.9. The Balaban J connectivity index is 1.54. The Morgan fingerprint density at radius 2 is 1.83 bits per heavy atom. The van der Waals surface area contributed by atoms with Crippen molar-refractivity contribution < 1.29 is 49.1 Å². The second-order valence-electron chi connectivity index (χ2n) is 12.6. The molecule has 3 aliphatic carbocycles. The number of Topliss-reactive ketones (excluding diaryl/α,β-unsaturated/α-hetero) is 2. The number of ether oxygens (including phenoxy) is 2. The number of hydrogen-bond donors (Lipinski definition) is 6. The number of phenolic OH excluding ortho intramolecular Hbond substituents is 1. The zero-order valence-electron chi connectivity index (χ0n) is 26.2. The first-order valence-electron chi connectivity index (χ1n) is 15.4. The smallest absolute Gasteiger partial charge is 0.323 e. The normalized spacial score (nSPS) is 26.2. The number of fused-ring (bicyclic) bond motifs is 3. The molecule has 6 atom stereocenters. The number of esters is 1. The molecular formula is C34H40N2O10. The highest BCUT2D eigenvalue weighted by molar-refractivity contribution is 6.20. The van der Waals surface area contributed by atoms with Gasteiger partial charge in [-0.15, -0.1) is 0 Å². The summed E-state index contributed by atoms with van der Waals surface area (Å²) in [4.78, 5) is 51.2. The average Bonchev–Trinajstić information content (AvgIpc) is 2.99. The number of aliphatic hydroxyl groups excluding tert-OH is 2. The molecule has 12 heteroatoms. The van der Waals surface area contributed by atoms with Gasteiger partial charge in [0.15, 0.2) is 17.2 Å². The molecule has 2 aromatic carbocycles. The van der Waals surface area contributed by atoms with E-state index in [4.69, 9.17) is 15.2 Å². The third-order valence-electron chi connectivity index (χ3n) is 9.68. The Bertz CT molecular complexity index is 1630. The second-order valence-corrected chi connectivity index (χ2v) is 12.6. The van der Waals surface area contributed by atoms with Crippen LogP contribution in [0.4, 0.5) is 0 Å². The molecule has 3 aliphatic rings. The van der Waals surface area contributed by atoms with Crippen molar-refractivity contribution in [1.82, 2.24) is 5.32 Å². The standard InChI is InChI=1S/C34H40N2O10/c1-5-46-33(43)28(15(2)3)36-14-16-6-9-24(45-4)20(10-16)19-7-8-22(37)26-21(19)12-17-11-18-13-23(38)27(32(35)42)31(41)34(18,44)30(40)25(17)29(26)39/h6-10,15,17-18,25,28,30,36-37,40-41,44H,5,11-14H2,1-4H3,(H2,35,42)/t17-,18+,25?,28?,30+,34+/m1/s1. The number of primary amides is 1. The molecule has 1 saturated carbocycles. The van der Waals surface area contributed by atoms with Crippen molar-refractivity contribution in [1.29, 1.82) is 0 Å². The molecule has 1 amide bonds. The molecule has 5 rings (SSSR count). The van der Waals surface area contributed by atoms with Gasteiger partial charge >= 0.3 is 5.97 Å². The fourth-order valence-corrected chi connectivity index (χ4v) is 7.45. The lowest BCUT2D eigenvalue weighted by Crippen LogP contribution is -2.64. The Labute approximate surface area is 266 Å². The van der Waals surface area contributed by atoms with Gasteiger partial charge < -0.3 is 41.0 Å². The number of phenols is 1. The van der Waals surface area contributed by atoms with Gasteiger partial charge in [0.1, 0.15) is 35.0 Å². The molecule has 246 valence electrons. The molecule has 0 spiro atoms. The minimum absolute atomic E-state index is 0.0254. The van der Waals surface area contributed by atoms with E-state index in [0.717, 1.165) is 5.56 Å². The van der Waals surface area contributed by atoms with Gasteiger partial charge in [0, 0.05) is 24.4 Å². The maximum Gasteiger partial charge on any atom is 0.323 e. The zero-order chi connectivity index (χ0) is 33.7. The van der Waals surface area contributed by atoms with Crippen molar-refractivity contribution in [2.24, 2.45) is 29.4 Å². The van der Waals surface area contributed by atoms with E-state index in [-0.39, 0.29) is 49.1 Å². The first kappa shape index (κ1) is 33.1. The first-order valence-corrected chi connectivity index (χ1v) is 15.4. The van der Waals surface area contributed by atoms with Gasteiger partial charge in [0.25, 0.3) is 5.91 Å². The van der Waals surface area contributed by atoms with Crippen LogP contribution in [0.15, 0.2) is 41.7 Å². The molecule has 12 nitrogen and oxygen atoms in total. The number of benzene rings is 2. The number of nitrogens with two attached hydrogens (primary N) is 1. The van der Waals surface area contributed by atoms with Gasteiger partial charge in [0.2, 0.25) is 0 Å². The topological polar surface area (TPSA) is 206 Å². The second kappa shape index (κ2) is 12.5. The van der Waals surface area contributed by atoms with Gasteiger partial charge in [0.05, 0.1) is 25.2 Å². The third kappa shape index (κ3) is 5.33. The summed E-state index contributed by atoms with van der Waals surface area (Å²) in [6, 6.07) is 8.03. The highest BCUT2D eigenvalue weighted by Gasteiger charge is 2.62. The van der Waals surface area contributed by atoms with Crippen LogP contribution in [-0.2, 0) is 32.1 Å². The number of aliphatic hydroxyl groups is 3. The molecule has 1 fully saturated rings. The number of amides is 1. The lowest BCUT2D eigenvalue weighted by Gasteiger charge is -2.52. The molecule has 0 radical (unpaired) electrons. The number of methoxy groups -OCH3 is 1. The molecule has 0 aliphatic heterocycles. The van der Waals surface area contributed by atoms with Gasteiger partial charge in [-0.1, -0.05) is 26.0 Å². The maximum atomic E-state index is 14.1. The number of rotatable bonds is 9. The van der Waals surface area contributed by atoms with E-state index in [2.05, 4.69) is 5.32 Å². The predicted octanol–water partition coefficient (Wildman–Crippen LogP) is 2.10. The van der Waals surface area contributed by atoms with E-state index >= 15 is 0 Å². The number of aromatic hydroxyl groups is 1. The van der Waals surface area contributed by atoms with Crippen LogP contribution in [0.3, 0.4) is 0 Å². The van der Waals surface area contributed by atoms with E-state index in [1.54, 1.807) is 19.1 Å². The maximum absolute atomic E-state index is 14.1. The number of carbonyl (C=O) groups is 4. The van der Waals surface area contributed by atoms with Crippen molar-refractivity contribution in [3.8, 4) is 22.6 Å². The lowest BCUT2D eigenvalue weighted by molar-refractivity contribution is -0.170. The van der Waals surface area contributed by atoms with Crippen molar-refractivity contribution >= 4 is 23.4 Å². The molecule has 0 heterocycles. The summed E-state index contributed by atoms with van der Waals surface area (Å²) in [5, 5.41) is 48.1. The Morgan fingerprint density at radius 3 is 2.46 bits per heavy atom. The van der Waals surface area contributed by atoms with Crippen molar-refractivity contribution in [3.05, 3.63) is 58.4 Å². The molecule has 0 saturated heterocycles. The fraction of sp³-hybridized carbons (Fsp3) is 0.471. The summed E-state index contributed by atoms with van der Waals surface area (Å²) >= 11 is 0. The monoisotopic (exact) mass is 636 g/mol. The van der Waals surface area contributed by atoms with Gasteiger partial charge in [-0.05, 0) is 66.5 Å². The quantitative estimate of drug-likeness (QED) is 0.174. The van der Waals surface area contributed by atoms with E-state index in [0.29, 0.717) is 29.0 Å². The highest BCUT2D eigenvalue weighted by Crippen LogP contribution is 2.54. The SMILES string of the molecule is CCOC(=O)C(NCc1ccc(OC)c(-c2ccc(O)c3c2C[C@H]2C[C@H]4CC(=O)C(C(N)=O)=C(O)[C@@]4(O)[C@@H](O)C2C3=O)c1)C(C)C. The van der Waals surface area contributed by atoms with Crippen LogP contribution in [0.25, 0.3) is 11.1 Å². The van der Waals surface area contributed by atoms with Gasteiger partial charge in [-0.3, -0.25) is 19.2 Å². The summed E-state index contributed by atoms with van der Waals surface area (Å²) in [5.41, 5.74) is 4.61. The van der Waals surface area contributed by atoms with Crippen LogP contribution in [0.1, 0.15) is 55.1 Å². The van der Waals surface area contributed by atoms with E-state index < -0.39 is 64.3 Å². The Hall–Kier alpha value is -4.26. The van der Waals surface area contributed by atoms with Gasteiger partial charge in [-0.25, -0.2) is 0 Å². The summed E-state index contributed by atoms with van der Waals surface area (Å²) in [5.74, 6) is -6.62. The number of carbonyl (C=O) groups excluding carboxylic acids is 4. The van der Waals surface area contributed by atoms with E-state index in [1.807, 2.05) is 26.0 Å². The van der Waals surface area contributed by atoms with Crippen molar-refractivity contribution in [3.63, 3.8) is 0 Å². The fourth-order valence-electron chi connectivity index (χ4n) is 7.45. The lowest BCUT2D eigenvalue weighted by atomic mass is 9.55. The van der Waals surface area contributed by atoms with Crippen LogP contribution in [0.5, 0.6) is 11.5 Å². The van der Waals surface area contributed by atoms with Crippen LogP contribution in [0, 0.1) is 23.7 Å². The van der Waals surface area contributed by atoms with Crippen molar-refractivity contribution in [2.45, 2.75) is 64.3 Å². The number of nitrogens with one attached hydrogen (secondary N) is 1. The third-order valence-corrected chi connectivity index (χ3v) is 9.68. The molecule has 2 unspecified atom stereocenters. The Kier molecular flexibility index (Phi) is 9.00. The first-order chi connectivity index (χ1) is 21.8. The molecule has 2 aromatic rings. The summed E-state index contributed by atoms with van der Waals surface area (Å²) in [6.45, 7) is 6.18. The minimum atomic E-state index is -2.44. The van der Waals surface area contributed by atoms with E-state index in [9.17, 15) is 39.6 Å². The summed E-state index contributed by atoms with van der Waals surface area (Å²) in [6.07, 6.45) is -1.95. The highest BCUT2D eigenvalue weighted by atomic mass is 16.5. The predicted molar refractivity (Wildman–Crippen MR) is 165 cm³/mol. The van der Waals surface area contributed by atoms with Crippen LogP contribution in [-0.4, -0.2) is 75.3 Å². The number of hydrogen-bond acceptors (Lipinski definition) is 11.